The third kappa shape index (κ3) is 27.7. The van der Waals surface area contributed by atoms with Gasteiger partial charge in [0.15, 0.2) is 0 Å². The highest BCUT2D eigenvalue weighted by atomic mass is 32.1. The lowest BCUT2D eigenvalue weighted by molar-refractivity contribution is -0.118. The third-order valence-corrected chi connectivity index (χ3v) is 3.62. The highest BCUT2D eigenvalue weighted by molar-refractivity contribution is 7.80. The van der Waals surface area contributed by atoms with Crippen molar-refractivity contribution in [2.75, 3.05) is 111 Å². The molecule has 0 aromatic rings. The van der Waals surface area contributed by atoms with Crippen molar-refractivity contribution >= 4 is 18.4 Å². The Balaban J connectivity index is 2.99. The first kappa shape index (κ1) is 29.7. The molecule has 0 unspecified atom stereocenters. The normalized spacial score (nSPS) is 11.3. The Morgan fingerprint density at radius 3 is 0.933 bits per heavy atom. The second kappa shape index (κ2) is 26.7. The minimum absolute atomic E-state index is 0.131. The average molecular weight is 457 g/mol. The van der Waals surface area contributed by atoms with Gasteiger partial charge in [0, 0.05) is 12.2 Å². The maximum Gasteiger partial charge on any atom is 0.132 e. The topological polar surface area (TPSA) is 90.9 Å². The Labute approximate surface area is 186 Å². The molecule has 0 radical (unpaired) electrons. The highest BCUT2D eigenvalue weighted by Crippen LogP contribution is 1.87. The summed E-state index contributed by atoms with van der Waals surface area (Å²) in [6, 6.07) is 0. The van der Waals surface area contributed by atoms with Crippen molar-refractivity contribution in [3.63, 3.8) is 0 Å². The number of ketones is 1. The minimum atomic E-state index is 0.131. The summed E-state index contributed by atoms with van der Waals surface area (Å²) < 4.78 is 42.8. The first-order valence-corrected chi connectivity index (χ1v) is 11.1. The lowest BCUT2D eigenvalue weighted by atomic mass is 10.3. The van der Waals surface area contributed by atoms with Crippen LogP contribution in [-0.4, -0.2) is 117 Å². The summed E-state index contributed by atoms with van der Waals surface area (Å²) >= 11 is 4.05. The molecule has 0 saturated carbocycles. The van der Waals surface area contributed by atoms with Crippen LogP contribution in [0.5, 0.6) is 0 Å². The van der Waals surface area contributed by atoms with E-state index in [1.165, 1.54) is 0 Å². The minimum Gasteiger partial charge on any atom is -0.379 e. The molecule has 0 rings (SSSR count). The van der Waals surface area contributed by atoms with Gasteiger partial charge in [0.2, 0.25) is 0 Å². The number of hydrogen-bond acceptors (Lipinski definition) is 10. The zero-order chi connectivity index (χ0) is 22.0. The van der Waals surface area contributed by atoms with E-state index >= 15 is 0 Å². The number of thiol groups is 1. The van der Waals surface area contributed by atoms with Crippen LogP contribution in [0.2, 0.25) is 0 Å². The monoisotopic (exact) mass is 456 g/mol. The Hall–Kier alpha value is -0.300. The molecule has 0 aliphatic rings. The SMILES string of the molecule is CC(=O)CCOCCOCCOCCOCCOCCOCCOCCOCCS. The Morgan fingerprint density at radius 1 is 0.467 bits per heavy atom. The van der Waals surface area contributed by atoms with Gasteiger partial charge in [-0.3, -0.25) is 4.79 Å². The van der Waals surface area contributed by atoms with E-state index in [-0.39, 0.29) is 5.78 Å². The van der Waals surface area contributed by atoms with E-state index in [2.05, 4.69) is 12.6 Å². The van der Waals surface area contributed by atoms with Crippen LogP contribution < -0.4 is 0 Å². The third-order valence-electron chi connectivity index (χ3n) is 3.44. The molecule has 0 aromatic carbocycles. The quantitative estimate of drug-likeness (QED) is 0.151. The Bertz CT molecular complexity index is 348. The predicted molar refractivity (Wildman–Crippen MR) is 116 cm³/mol. The molecule has 0 N–H and O–H groups in total. The first-order chi connectivity index (χ1) is 14.8. The summed E-state index contributed by atoms with van der Waals surface area (Å²) in [5, 5.41) is 0. The van der Waals surface area contributed by atoms with E-state index in [1.54, 1.807) is 6.92 Å². The van der Waals surface area contributed by atoms with Crippen LogP contribution in [0.3, 0.4) is 0 Å². The molecular weight excluding hydrogens is 416 g/mol. The number of Topliss-reactive ketones (excluding diaryl/α,β-unsaturated/α-hetero) is 1. The zero-order valence-corrected chi connectivity index (χ0v) is 19.2. The van der Waals surface area contributed by atoms with Crippen molar-refractivity contribution in [2.45, 2.75) is 13.3 Å². The van der Waals surface area contributed by atoms with Gasteiger partial charge in [-0.05, 0) is 6.92 Å². The molecule has 0 saturated heterocycles. The zero-order valence-electron chi connectivity index (χ0n) is 18.3. The fourth-order valence-electron chi connectivity index (χ4n) is 1.92. The molecule has 0 aliphatic heterocycles. The van der Waals surface area contributed by atoms with E-state index in [9.17, 15) is 4.79 Å². The fourth-order valence-corrected chi connectivity index (χ4v) is 2.05. The van der Waals surface area contributed by atoms with Crippen LogP contribution >= 0.6 is 12.6 Å². The number of rotatable bonds is 26. The largest absolute Gasteiger partial charge is 0.379 e. The maximum absolute atomic E-state index is 10.7. The standard InChI is InChI=1S/C20H40O9S/c1-20(21)2-3-22-4-5-23-6-7-24-8-9-25-10-11-26-12-13-27-14-15-28-16-17-29-18-19-30/h30H,2-19H2,1H3. The summed E-state index contributed by atoms with van der Waals surface area (Å²) in [6.45, 7) is 10.0. The summed E-state index contributed by atoms with van der Waals surface area (Å²) in [4.78, 5) is 10.7. The average Bonchev–Trinajstić information content (AvgIpc) is 2.73. The van der Waals surface area contributed by atoms with E-state index < -0.39 is 0 Å². The molecule has 0 heterocycles. The van der Waals surface area contributed by atoms with Gasteiger partial charge < -0.3 is 37.9 Å². The molecule has 180 valence electrons. The molecule has 9 nitrogen and oxygen atoms in total. The van der Waals surface area contributed by atoms with Gasteiger partial charge in [-0.25, -0.2) is 0 Å². The maximum atomic E-state index is 10.7. The molecule has 0 aliphatic carbocycles. The van der Waals surface area contributed by atoms with Crippen molar-refractivity contribution in [2.24, 2.45) is 0 Å². The van der Waals surface area contributed by atoms with Gasteiger partial charge in [0.1, 0.15) is 5.78 Å². The van der Waals surface area contributed by atoms with Crippen molar-refractivity contribution in [1.82, 2.24) is 0 Å². The second-order valence-corrected chi connectivity index (χ2v) is 6.52. The number of carbonyl (C=O) groups is 1. The molecular formula is C20H40O9S. The predicted octanol–water partition coefficient (Wildman–Crippen LogP) is 1.03. The lowest BCUT2D eigenvalue weighted by Gasteiger charge is -2.08. The fraction of sp³-hybridized carbons (Fsp3) is 0.950. The van der Waals surface area contributed by atoms with E-state index in [1.807, 2.05) is 0 Å². The lowest BCUT2D eigenvalue weighted by Crippen LogP contribution is -2.15. The summed E-state index contributed by atoms with van der Waals surface area (Å²) in [5.41, 5.74) is 0. The van der Waals surface area contributed by atoms with Crippen LogP contribution in [0.15, 0.2) is 0 Å². The van der Waals surface area contributed by atoms with Gasteiger partial charge >= 0.3 is 0 Å². The van der Waals surface area contributed by atoms with Crippen LogP contribution in [0.25, 0.3) is 0 Å². The summed E-state index contributed by atoms with van der Waals surface area (Å²) in [5.74, 6) is 0.853. The summed E-state index contributed by atoms with van der Waals surface area (Å²) in [6.07, 6.45) is 0.450. The molecule has 0 amide bonds. The number of ether oxygens (including phenoxy) is 8. The van der Waals surface area contributed by atoms with Crippen molar-refractivity contribution in [3.05, 3.63) is 0 Å². The van der Waals surface area contributed by atoms with Gasteiger partial charge in [0.05, 0.1) is 106 Å². The van der Waals surface area contributed by atoms with Crippen LogP contribution in [-0.2, 0) is 42.7 Å². The second-order valence-electron chi connectivity index (χ2n) is 6.07. The van der Waals surface area contributed by atoms with Gasteiger partial charge in [-0.15, -0.1) is 0 Å². The molecule has 0 spiro atoms. The van der Waals surface area contributed by atoms with E-state index in [0.29, 0.717) is 112 Å². The van der Waals surface area contributed by atoms with E-state index in [0.717, 1.165) is 5.75 Å². The summed E-state index contributed by atoms with van der Waals surface area (Å²) in [7, 11) is 0. The molecule has 0 fully saturated rings. The van der Waals surface area contributed by atoms with Crippen molar-refractivity contribution in [3.8, 4) is 0 Å². The highest BCUT2D eigenvalue weighted by Gasteiger charge is 1.96. The molecule has 30 heavy (non-hydrogen) atoms. The first-order valence-electron chi connectivity index (χ1n) is 10.5. The van der Waals surface area contributed by atoms with Crippen LogP contribution in [0.4, 0.5) is 0 Å². The molecule has 0 atom stereocenters. The van der Waals surface area contributed by atoms with Gasteiger partial charge in [-0.1, -0.05) is 0 Å². The molecule has 0 bridgehead atoms. The molecule has 0 aromatic heterocycles. The number of hydrogen-bond donors (Lipinski definition) is 1. The number of carbonyl (C=O) groups excluding carboxylic acids is 1. The van der Waals surface area contributed by atoms with Gasteiger partial charge in [-0.2, -0.15) is 12.6 Å². The van der Waals surface area contributed by atoms with E-state index in [4.69, 9.17) is 37.9 Å². The van der Waals surface area contributed by atoms with Crippen molar-refractivity contribution < 1.29 is 42.7 Å². The Morgan fingerprint density at radius 2 is 0.700 bits per heavy atom. The smallest absolute Gasteiger partial charge is 0.132 e. The van der Waals surface area contributed by atoms with Crippen LogP contribution in [0, 0.1) is 0 Å². The molecule has 10 heteroatoms. The Kier molecular flexibility index (Phi) is 26.5. The van der Waals surface area contributed by atoms with Gasteiger partial charge in [0.25, 0.3) is 0 Å². The van der Waals surface area contributed by atoms with Crippen LogP contribution in [0.1, 0.15) is 13.3 Å². The van der Waals surface area contributed by atoms with Crippen molar-refractivity contribution in [1.29, 1.82) is 0 Å².